The van der Waals surface area contributed by atoms with E-state index in [2.05, 4.69) is 61.0 Å². The van der Waals surface area contributed by atoms with Crippen molar-refractivity contribution in [1.82, 2.24) is 19.2 Å². The van der Waals surface area contributed by atoms with Crippen LogP contribution in [0.1, 0.15) is 0 Å². The zero-order chi connectivity index (χ0) is 9.94. The monoisotopic (exact) mass is 190 g/mol. The lowest BCUT2D eigenvalue weighted by Crippen LogP contribution is -2.71. The summed E-state index contributed by atoms with van der Waals surface area (Å²) < 4.78 is 6.79. The highest BCUT2D eigenvalue weighted by atomic mass is 28.4. The van der Waals surface area contributed by atoms with E-state index in [-0.39, 0.29) is 0 Å². The van der Waals surface area contributed by atoms with Crippen LogP contribution in [0.4, 0.5) is 0 Å². The van der Waals surface area contributed by atoms with Gasteiger partial charge < -0.3 is 9.13 Å². The van der Waals surface area contributed by atoms with Gasteiger partial charge in [0.15, 0.2) is 0 Å². The third kappa shape index (κ3) is 2.05. The molecular weight excluding hydrogens is 168 g/mol. The second-order valence-electron chi connectivity index (χ2n) is 3.54. The zero-order valence-corrected chi connectivity index (χ0v) is 10.3. The smallest absolute Gasteiger partial charge is 0.298 e. The van der Waals surface area contributed by atoms with Gasteiger partial charge in [0.05, 0.1) is 0 Å². The predicted octanol–water partition coefficient (Wildman–Crippen LogP) is -0.255. The molecule has 12 heavy (non-hydrogen) atoms. The number of nitrogens with zero attached hydrogens (tertiary/aromatic N) is 3. The summed E-state index contributed by atoms with van der Waals surface area (Å²) in [5.74, 6) is 0. The molecule has 0 atom stereocenters. The van der Waals surface area contributed by atoms with Crippen molar-refractivity contribution in [2.45, 2.75) is 6.55 Å². The highest BCUT2D eigenvalue weighted by Gasteiger charge is 2.38. The van der Waals surface area contributed by atoms with E-state index in [1.165, 1.54) is 0 Å². The van der Waals surface area contributed by atoms with Gasteiger partial charge in [0.2, 0.25) is 0 Å². The fourth-order valence-electron chi connectivity index (χ4n) is 1.21. The summed E-state index contributed by atoms with van der Waals surface area (Å²) in [6.45, 7) is 2.30. The summed E-state index contributed by atoms with van der Waals surface area (Å²) in [6.07, 6.45) is 0. The first kappa shape index (κ1) is 12.1. The lowest BCUT2D eigenvalue weighted by Gasteiger charge is -2.44. The first-order chi connectivity index (χ1) is 5.37. The van der Waals surface area contributed by atoms with E-state index in [1.54, 1.807) is 0 Å². The molecule has 4 nitrogen and oxygen atoms in total. The highest BCUT2D eigenvalue weighted by molar-refractivity contribution is 6.69. The molecule has 1 N–H and O–H groups in total. The van der Waals surface area contributed by atoms with Gasteiger partial charge in [0, 0.05) is 0 Å². The van der Waals surface area contributed by atoms with Crippen LogP contribution in [0.3, 0.4) is 0 Å². The Bertz CT molecular complexity index is 129. The van der Waals surface area contributed by atoms with Crippen molar-refractivity contribution in [3.63, 3.8) is 0 Å². The molecule has 0 rings (SSSR count). The maximum atomic E-state index is 3.18. The molecule has 0 spiro atoms. The number of hydrazine groups is 1. The van der Waals surface area contributed by atoms with Crippen LogP contribution < -0.4 is 5.43 Å². The molecular formula is C7H22N4Si. The first-order valence-corrected chi connectivity index (χ1v) is 6.47. The molecule has 0 unspecified atom stereocenters. The molecule has 0 fully saturated rings. The number of hydrogen-bond acceptors (Lipinski definition) is 4. The van der Waals surface area contributed by atoms with Crippen molar-refractivity contribution in [1.29, 1.82) is 0 Å². The van der Waals surface area contributed by atoms with Crippen molar-refractivity contribution in [3.8, 4) is 0 Å². The van der Waals surface area contributed by atoms with Gasteiger partial charge in [-0.3, -0.25) is 5.43 Å². The SMILES string of the molecule is CNN(C)[Si](C)(N(C)C)N(C)C. The van der Waals surface area contributed by atoms with Crippen LogP contribution >= 0.6 is 0 Å². The van der Waals surface area contributed by atoms with Crippen molar-refractivity contribution in [2.75, 3.05) is 42.3 Å². The molecule has 0 aromatic rings. The topological polar surface area (TPSA) is 21.8 Å². The molecule has 5 heteroatoms. The maximum Gasteiger partial charge on any atom is 0.298 e. The summed E-state index contributed by atoms with van der Waals surface area (Å²) in [6, 6.07) is 0. The number of rotatable bonds is 4. The Labute approximate surface area is 77.3 Å². The summed E-state index contributed by atoms with van der Waals surface area (Å²) in [5, 5.41) is 0. The van der Waals surface area contributed by atoms with Crippen LogP contribution in [0.15, 0.2) is 0 Å². The van der Waals surface area contributed by atoms with E-state index in [0.29, 0.717) is 0 Å². The second kappa shape index (κ2) is 4.34. The Morgan fingerprint density at radius 3 is 1.33 bits per heavy atom. The quantitative estimate of drug-likeness (QED) is 0.487. The standard InChI is InChI=1S/C7H22N4Si/c1-8-11(6)12(7,9(2)3)10(4)5/h8H,1-7H3. The third-order valence-corrected chi connectivity index (χ3v) is 7.55. The predicted molar refractivity (Wildman–Crippen MR) is 55.8 cm³/mol. The molecule has 0 heterocycles. The lowest BCUT2D eigenvalue weighted by molar-refractivity contribution is 0.304. The van der Waals surface area contributed by atoms with Gasteiger partial charge in [-0.2, -0.15) is 0 Å². The molecule has 0 radical (unpaired) electrons. The van der Waals surface area contributed by atoms with E-state index >= 15 is 0 Å². The molecule has 0 bridgehead atoms. The fraction of sp³-hybridized carbons (Fsp3) is 1.00. The van der Waals surface area contributed by atoms with Gasteiger partial charge in [0.25, 0.3) is 8.56 Å². The van der Waals surface area contributed by atoms with Crippen LogP contribution in [-0.2, 0) is 0 Å². The molecule has 0 aliphatic rings. The Hall–Kier alpha value is 0.0569. The van der Waals surface area contributed by atoms with Crippen LogP contribution in [0.25, 0.3) is 0 Å². The molecule has 0 aromatic carbocycles. The highest BCUT2D eigenvalue weighted by Crippen LogP contribution is 2.10. The Balaban J connectivity index is 4.61. The first-order valence-electron chi connectivity index (χ1n) is 4.13. The van der Waals surface area contributed by atoms with Crippen LogP contribution in [-0.4, -0.2) is 64.7 Å². The van der Waals surface area contributed by atoms with E-state index in [1.807, 2.05) is 7.05 Å². The largest absolute Gasteiger partial charge is 0.304 e. The Morgan fingerprint density at radius 1 is 0.917 bits per heavy atom. The minimum Gasteiger partial charge on any atom is -0.304 e. The fourth-order valence-corrected chi connectivity index (χ4v) is 3.64. The zero-order valence-electron chi connectivity index (χ0n) is 9.34. The Morgan fingerprint density at radius 2 is 1.25 bits per heavy atom. The van der Waals surface area contributed by atoms with Crippen LogP contribution in [0.2, 0.25) is 6.55 Å². The van der Waals surface area contributed by atoms with Gasteiger partial charge >= 0.3 is 0 Å². The van der Waals surface area contributed by atoms with Crippen molar-refractivity contribution < 1.29 is 0 Å². The van der Waals surface area contributed by atoms with Crippen LogP contribution in [0.5, 0.6) is 0 Å². The van der Waals surface area contributed by atoms with Gasteiger partial charge in [-0.1, -0.05) is 0 Å². The second-order valence-corrected chi connectivity index (χ2v) is 7.94. The minimum atomic E-state index is -1.62. The molecule has 74 valence electrons. The van der Waals surface area contributed by atoms with Gasteiger partial charge in [0.1, 0.15) is 0 Å². The van der Waals surface area contributed by atoms with Crippen molar-refractivity contribution in [3.05, 3.63) is 0 Å². The molecule has 0 aliphatic carbocycles. The Kier molecular flexibility index (Phi) is 4.36. The van der Waals surface area contributed by atoms with Gasteiger partial charge in [-0.05, 0) is 48.8 Å². The summed E-state index contributed by atoms with van der Waals surface area (Å²) >= 11 is 0. The van der Waals surface area contributed by atoms with Crippen molar-refractivity contribution >= 4 is 8.56 Å². The summed E-state index contributed by atoms with van der Waals surface area (Å²) in [5.41, 5.74) is 3.18. The van der Waals surface area contributed by atoms with Gasteiger partial charge in [-0.25, -0.2) is 4.67 Å². The molecule has 0 aromatic heterocycles. The third-order valence-electron chi connectivity index (χ3n) is 2.67. The normalized spacial score (nSPS) is 13.5. The molecule has 0 saturated carbocycles. The van der Waals surface area contributed by atoms with Crippen molar-refractivity contribution in [2.24, 2.45) is 0 Å². The van der Waals surface area contributed by atoms with E-state index < -0.39 is 8.56 Å². The molecule has 0 aliphatic heterocycles. The average molecular weight is 190 g/mol. The average Bonchev–Trinajstić information content (AvgIpc) is 2.00. The number of nitrogens with one attached hydrogen (secondary N) is 1. The molecule has 0 saturated heterocycles. The number of hydrogen-bond donors (Lipinski definition) is 1. The molecule has 0 amide bonds. The van der Waals surface area contributed by atoms with Crippen LogP contribution in [0, 0.1) is 0 Å². The van der Waals surface area contributed by atoms with E-state index in [9.17, 15) is 0 Å². The summed E-state index contributed by atoms with van der Waals surface area (Å²) in [7, 11) is 10.9. The van der Waals surface area contributed by atoms with E-state index in [0.717, 1.165) is 0 Å². The van der Waals surface area contributed by atoms with Gasteiger partial charge in [-0.15, -0.1) is 0 Å². The maximum absolute atomic E-state index is 3.18. The lowest BCUT2D eigenvalue weighted by atomic mass is 11.2. The summed E-state index contributed by atoms with van der Waals surface area (Å²) in [4.78, 5) is 0. The van der Waals surface area contributed by atoms with E-state index in [4.69, 9.17) is 0 Å². The minimum absolute atomic E-state index is 1.62.